The molecule has 0 aliphatic rings. The normalized spacial score (nSPS) is 10.6. The molecule has 0 saturated heterocycles. The van der Waals surface area contributed by atoms with Crippen LogP contribution in [0.3, 0.4) is 0 Å². The first-order valence-corrected chi connectivity index (χ1v) is 10.9. The van der Waals surface area contributed by atoms with Gasteiger partial charge >= 0.3 is 0 Å². The highest BCUT2D eigenvalue weighted by Gasteiger charge is 2.20. The van der Waals surface area contributed by atoms with Gasteiger partial charge in [0.25, 0.3) is 5.91 Å². The van der Waals surface area contributed by atoms with Crippen molar-refractivity contribution in [2.75, 3.05) is 13.7 Å². The zero-order valence-corrected chi connectivity index (χ0v) is 18.8. The number of benzene rings is 2. The van der Waals surface area contributed by atoms with Crippen molar-refractivity contribution in [2.45, 2.75) is 19.8 Å². The van der Waals surface area contributed by atoms with E-state index in [9.17, 15) is 4.79 Å². The second-order valence-corrected chi connectivity index (χ2v) is 7.67. The molecule has 0 spiro atoms. The molecule has 0 bridgehead atoms. The van der Waals surface area contributed by atoms with Gasteiger partial charge in [-0.15, -0.1) is 0 Å². The van der Waals surface area contributed by atoms with Crippen LogP contribution in [0.25, 0.3) is 22.6 Å². The van der Waals surface area contributed by atoms with E-state index in [1.807, 2.05) is 61.5 Å². The summed E-state index contributed by atoms with van der Waals surface area (Å²) in [6.45, 7) is 2.41. The molecule has 6 heteroatoms. The Kier molecular flexibility index (Phi) is 7.05. The molecule has 4 rings (SSSR count). The number of nitrogens with zero attached hydrogens (tertiary/aromatic N) is 3. The average Bonchev–Trinajstić information content (AvgIpc) is 2.87. The van der Waals surface area contributed by atoms with Crippen LogP contribution in [0.15, 0.2) is 79.1 Å². The Bertz CT molecular complexity index is 1210. The summed E-state index contributed by atoms with van der Waals surface area (Å²) < 4.78 is 5.28. The van der Waals surface area contributed by atoms with Crippen molar-refractivity contribution in [3.63, 3.8) is 0 Å². The van der Waals surface area contributed by atoms with E-state index in [0.29, 0.717) is 29.3 Å². The van der Waals surface area contributed by atoms with Crippen LogP contribution in [0.4, 0.5) is 0 Å². The van der Waals surface area contributed by atoms with Crippen LogP contribution in [0.5, 0.6) is 5.75 Å². The molecule has 0 unspecified atom stereocenters. The van der Waals surface area contributed by atoms with Crippen LogP contribution in [0.1, 0.15) is 28.0 Å². The number of carbonyl (C=O) groups is 1. The molecule has 2 heterocycles. The molecular weight excluding hydrogens is 412 g/mol. The fourth-order valence-electron chi connectivity index (χ4n) is 3.65. The van der Waals surface area contributed by atoms with E-state index in [4.69, 9.17) is 9.72 Å². The third-order valence-electron chi connectivity index (χ3n) is 5.37. The van der Waals surface area contributed by atoms with Gasteiger partial charge < -0.3 is 10.1 Å². The molecule has 1 N–H and O–H groups in total. The molecule has 6 nitrogen and oxygen atoms in total. The average molecular weight is 439 g/mol. The first kappa shape index (κ1) is 22.1. The van der Waals surface area contributed by atoms with Crippen molar-refractivity contribution in [3.8, 4) is 28.4 Å². The molecule has 2 aromatic heterocycles. The Balaban J connectivity index is 1.61. The van der Waals surface area contributed by atoms with Gasteiger partial charge in [0.1, 0.15) is 5.75 Å². The zero-order valence-electron chi connectivity index (χ0n) is 18.8. The van der Waals surface area contributed by atoms with Gasteiger partial charge in [-0.05, 0) is 61.7 Å². The van der Waals surface area contributed by atoms with Gasteiger partial charge in [-0.25, -0.2) is 9.97 Å². The van der Waals surface area contributed by atoms with E-state index in [0.717, 1.165) is 29.7 Å². The monoisotopic (exact) mass is 438 g/mol. The fourth-order valence-corrected chi connectivity index (χ4v) is 3.65. The number of methoxy groups -OCH3 is 1. The Morgan fingerprint density at radius 1 is 0.939 bits per heavy atom. The van der Waals surface area contributed by atoms with E-state index >= 15 is 0 Å². The Morgan fingerprint density at radius 3 is 2.42 bits per heavy atom. The van der Waals surface area contributed by atoms with Gasteiger partial charge in [0, 0.05) is 30.1 Å². The highest BCUT2D eigenvalue weighted by molar-refractivity contribution is 6.01. The van der Waals surface area contributed by atoms with E-state index in [1.165, 1.54) is 5.56 Å². The Morgan fingerprint density at radius 2 is 1.73 bits per heavy atom. The summed E-state index contributed by atoms with van der Waals surface area (Å²) >= 11 is 0. The van der Waals surface area contributed by atoms with Crippen LogP contribution in [0, 0.1) is 6.92 Å². The van der Waals surface area contributed by atoms with Crippen LogP contribution >= 0.6 is 0 Å². The first-order valence-electron chi connectivity index (χ1n) is 10.9. The van der Waals surface area contributed by atoms with Gasteiger partial charge in [-0.3, -0.25) is 9.78 Å². The van der Waals surface area contributed by atoms with E-state index < -0.39 is 0 Å². The first-order chi connectivity index (χ1) is 16.2. The lowest BCUT2D eigenvalue weighted by Crippen LogP contribution is -2.27. The third-order valence-corrected chi connectivity index (χ3v) is 5.37. The lowest BCUT2D eigenvalue weighted by Gasteiger charge is -2.14. The van der Waals surface area contributed by atoms with Gasteiger partial charge in [0.05, 0.1) is 24.1 Å². The minimum absolute atomic E-state index is 0.177. The molecule has 166 valence electrons. The summed E-state index contributed by atoms with van der Waals surface area (Å²) in [4.78, 5) is 26.8. The largest absolute Gasteiger partial charge is 0.497 e. The molecule has 1 amide bonds. The maximum absolute atomic E-state index is 13.2. The van der Waals surface area contributed by atoms with Crippen LogP contribution in [0.2, 0.25) is 0 Å². The SMILES string of the molecule is COc1ccc(-c2nc(-c3cccnc3)nc(C)c2C(=O)NCCCc2ccccc2)cc1. The predicted molar refractivity (Wildman–Crippen MR) is 129 cm³/mol. The van der Waals surface area contributed by atoms with Crippen molar-refractivity contribution in [1.29, 1.82) is 0 Å². The molecule has 33 heavy (non-hydrogen) atoms. The van der Waals surface area contributed by atoms with Crippen molar-refractivity contribution >= 4 is 5.91 Å². The van der Waals surface area contributed by atoms with Crippen molar-refractivity contribution in [3.05, 3.63) is 95.9 Å². The number of carbonyl (C=O) groups excluding carboxylic acids is 1. The van der Waals surface area contributed by atoms with Crippen molar-refractivity contribution < 1.29 is 9.53 Å². The Hall–Kier alpha value is -4.06. The summed E-state index contributed by atoms with van der Waals surface area (Å²) in [5.74, 6) is 1.10. The quantitative estimate of drug-likeness (QED) is 0.397. The standard InChI is InChI=1S/C27H26N4O2/c1-19-24(27(32)29-17-6-10-20-8-4-3-5-9-20)25(21-12-14-23(33-2)15-13-21)31-26(30-19)22-11-7-16-28-18-22/h3-5,7-9,11-16,18H,6,10,17H2,1-2H3,(H,29,32). The minimum atomic E-state index is -0.177. The summed E-state index contributed by atoms with van der Waals surface area (Å²) in [6.07, 6.45) is 5.18. The number of aryl methyl sites for hydroxylation is 2. The molecule has 0 atom stereocenters. The number of pyridine rings is 1. The fraction of sp³-hybridized carbons (Fsp3) is 0.185. The molecule has 4 aromatic rings. The highest BCUT2D eigenvalue weighted by atomic mass is 16.5. The zero-order chi connectivity index (χ0) is 23.0. The maximum atomic E-state index is 13.2. The van der Waals surface area contributed by atoms with Crippen LogP contribution in [-0.2, 0) is 6.42 Å². The Labute approximate surface area is 193 Å². The second kappa shape index (κ2) is 10.5. The smallest absolute Gasteiger partial charge is 0.255 e. The lowest BCUT2D eigenvalue weighted by molar-refractivity contribution is 0.0952. The van der Waals surface area contributed by atoms with Gasteiger partial charge in [0.15, 0.2) is 5.82 Å². The van der Waals surface area contributed by atoms with Gasteiger partial charge in [0.2, 0.25) is 0 Å². The predicted octanol–water partition coefficient (Wildman–Crippen LogP) is 4.89. The van der Waals surface area contributed by atoms with Crippen LogP contribution < -0.4 is 10.1 Å². The summed E-state index contributed by atoms with van der Waals surface area (Å²) in [6, 6.07) is 21.5. The van der Waals surface area contributed by atoms with Gasteiger partial charge in [-0.2, -0.15) is 0 Å². The molecule has 0 fully saturated rings. The second-order valence-electron chi connectivity index (χ2n) is 7.67. The lowest BCUT2D eigenvalue weighted by atomic mass is 10.0. The molecule has 2 aromatic carbocycles. The number of nitrogens with one attached hydrogen (secondary N) is 1. The van der Waals surface area contributed by atoms with Crippen molar-refractivity contribution in [2.24, 2.45) is 0 Å². The number of ether oxygens (including phenoxy) is 1. The third kappa shape index (κ3) is 5.41. The number of aromatic nitrogens is 3. The molecule has 0 aliphatic heterocycles. The summed E-state index contributed by atoms with van der Waals surface area (Å²) in [7, 11) is 1.62. The minimum Gasteiger partial charge on any atom is -0.497 e. The van der Waals surface area contributed by atoms with E-state index in [-0.39, 0.29) is 5.91 Å². The maximum Gasteiger partial charge on any atom is 0.255 e. The topological polar surface area (TPSA) is 77.0 Å². The summed E-state index contributed by atoms with van der Waals surface area (Å²) in [5, 5.41) is 3.05. The molecule has 0 saturated carbocycles. The molecular formula is C27H26N4O2. The van der Waals surface area contributed by atoms with E-state index in [2.05, 4.69) is 27.4 Å². The molecule has 0 aliphatic carbocycles. The van der Waals surface area contributed by atoms with Crippen LogP contribution in [-0.4, -0.2) is 34.5 Å². The van der Waals surface area contributed by atoms with Crippen molar-refractivity contribution in [1.82, 2.24) is 20.3 Å². The number of hydrogen-bond acceptors (Lipinski definition) is 5. The number of rotatable bonds is 8. The highest BCUT2D eigenvalue weighted by Crippen LogP contribution is 2.28. The van der Waals surface area contributed by atoms with E-state index in [1.54, 1.807) is 19.5 Å². The van der Waals surface area contributed by atoms with Gasteiger partial charge in [-0.1, -0.05) is 30.3 Å². The number of amides is 1. The molecule has 0 radical (unpaired) electrons. The number of hydrogen-bond donors (Lipinski definition) is 1. The summed E-state index contributed by atoms with van der Waals surface area (Å²) in [5.41, 5.74) is 4.56.